The number of likely N-dealkylation sites (tertiary alicyclic amines) is 1. The molecule has 5 nitrogen and oxygen atoms in total. The zero-order valence-corrected chi connectivity index (χ0v) is 12.9. The van der Waals surface area contributed by atoms with Gasteiger partial charge in [0.1, 0.15) is 6.61 Å². The molecule has 0 aromatic heterocycles. The molecule has 0 saturated carbocycles. The molecule has 0 unspecified atom stereocenters. The van der Waals surface area contributed by atoms with Crippen LogP contribution in [0.3, 0.4) is 0 Å². The van der Waals surface area contributed by atoms with Crippen LogP contribution in [0.25, 0.3) is 0 Å². The number of carbonyl (C=O) groups is 1. The highest BCUT2D eigenvalue weighted by Gasteiger charge is 2.28. The van der Waals surface area contributed by atoms with Gasteiger partial charge in [-0.25, -0.2) is 4.79 Å². The summed E-state index contributed by atoms with van der Waals surface area (Å²) in [6.45, 7) is 5.62. The summed E-state index contributed by atoms with van der Waals surface area (Å²) in [5.41, 5.74) is 1.03. The summed E-state index contributed by atoms with van der Waals surface area (Å²) in [5.74, 6) is 0. The molecule has 1 aromatic carbocycles. The van der Waals surface area contributed by atoms with Crippen LogP contribution < -0.4 is 0 Å². The van der Waals surface area contributed by atoms with Crippen LogP contribution in [0.2, 0.25) is 0 Å². The highest BCUT2D eigenvalue weighted by molar-refractivity contribution is 5.67. The van der Waals surface area contributed by atoms with E-state index in [4.69, 9.17) is 9.47 Å². The third-order valence-corrected chi connectivity index (χ3v) is 4.49. The minimum Gasteiger partial charge on any atom is -0.445 e. The largest absolute Gasteiger partial charge is 0.445 e. The van der Waals surface area contributed by atoms with E-state index >= 15 is 0 Å². The second-order valence-corrected chi connectivity index (χ2v) is 5.91. The number of morpholine rings is 1. The molecule has 5 heteroatoms. The third-order valence-electron chi connectivity index (χ3n) is 4.49. The van der Waals surface area contributed by atoms with Crippen molar-refractivity contribution in [3.05, 3.63) is 35.9 Å². The number of nitrogens with zero attached hydrogens (tertiary/aromatic N) is 2. The maximum atomic E-state index is 12.1. The summed E-state index contributed by atoms with van der Waals surface area (Å²) >= 11 is 0. The number of carbonyl (C=O) groups excluding carboxylic acids is 1. The number of hydrogen-bond donors (Lipinski definition) is 0. The van der Waals surface area contributed by atoms with E-state index in [0.29, 0.717) is 12.6 Å². The lowest BCUT2D eigenvalue weighted by molar-refractivity contribution is -0.0000974. The maximum absolute atomic E-state index is 12.1. The van der Waals surface area contributed by atoms with Gasteiger partial charge in [-0.15, -0.1) is 0 Å². The fourth-order valence-corrected chi connectivity index (χ4v) is 3.17. The van der Waals surface area contributed by atoms with E-state index in [1.807, 2.05) is 35.2 Å². The number of hydrogen-bond acceptors (Lipinski definition) is 4. The first-order valence-electron chi connectivity index (χ1n) is 8.10. The van der Waals surface area contributed by atoms with E-state index in [-0.39, 0.29) is 6.09 Å². The van der Waals surface area contributed by atoms with Gasteiger partial charge in [0.2, 0.25) is 0 Å². The van der Waals surface area contributed by atoms with Crippen molar-refractivity contribution < 1.29 is 14.3 Å². The van der Waals surface area contributed by atoms with Crippen molar-refractivity contribution in [1.82, 2.24) is 9.80 Å². The fourth-order valence-electron chi connectivity index (χ4n) is 3.17. The van der Waals surface area contributed by atoms with Crippen LogP contribution in [0.4, 0.5) is 4.79 Å². The minimum absolute atomic E-state index is 0.190. The first kappa shape index (κ1) is 15.3. The van der Waals surface area contributed by atoms with Gasteiger partial charge in [0.05, 0.1) is 13.2 Å². The molecule has 2 heterocycles. The van der Waals surface area contributed by atoms with Crippen LogP contribution in [-0.2, 0) is 16.1 Å². The number of ether oxygens (including phenoxy) is 2. The van der Waals surface area contributed by atoms with Gasteiger partial charge in [-0.3, -0.25) is 4.90 Å². The van der Waals surface area contributed by atoms with Gasteiger partial charge in [-0.2, -0.15) is 0 Å². The first-order valence-corrected chi connectivity index (χ1v) is 8.10. The van der Waals surface area contributed by atoms with Crippen LogP contribution >= 0.6 is 0 Å². The Bertz CT molecular complexity index is 466. The van der Waals surface area contributed by atoms with Gasteiger partial charge >= 0.3 is 6.09 Å². The van der Waals surface area contributed by atoms with Crippen molar-refractivity contribution >= 4 is 6.09 Å². The van der Waals surface area contributed by atoms with Gasteiger partial charge < -0.3 is 14.4 Å². The van der Waals surface area contributed by atoms with E-state index in [1.54, 1.807) is 0 Å². The molecule has 120 valence electrons. The fraction of sp³-hybridized carbons (Fsp3) is 0.588. The lowest BCUT2D eigenvalue weighted by Crippen LogP contribution is -2.50. The van der Waals surface area contributed by atoms with Gasteiger partial charge in [0.15, 0.2) is 0 Å². The predicted molar refractivity (Wildman–Crippen MR) is 83.6 cm³/mol. The second-order valence-electron chi connectivity index (χ2n) is 5.91. The van der Waals surface area contributed by atoms with Crippen molar-refractivity contribution in [1.29, 1.82) is 0 Å². The average molecular weight is 304 g/mol. The molecule has 2 fully saturated rings. The minimum atomic E-state index is -0.190. The SMILES string of the molecule is O=C(OCc1ccccc1)N1CCC(N2CCOCC2)CC1. The molecule has 0 spiro atoms. The summed E-state index contributed by atoms with van der Waals surface area (Å²) in [6.07, 6.45) is 1.87. The molecule has 0 N–H and O–H groups in total. The Hall–Kier alpha value is -1.59. The molecule has 0 bridgehead atoms. The van der Waals surface area contributed by atoms with E-state index in [1.165, 1.54) is 0 Å². The number of rotatable bonds is 3. The Balaban J connectivity index is 1.41. The summed E-state index contributed by atoms with van der Waals surface area (Å²) in [4.78, 5) is 16.5. The van der Waals surface area contributed by atoms with Crippen LogP contribution in [0.5, 0.6) is 0 Å². The Kier molecular flexibility index (Phi) is 5.29. The predicted octanol–water partition coefficient (Wildman–Crippen LogP) is 2.12. The summed E-state index contributed by atoms with van der Waals surface area (Å²) in [6, 6.07) is 10.4. The van der Waals surface area contributed by atoms with Crippen LogP contribution in [0, 0.1) is 0 Å². The highest BCUT2D eigenvalue weighted by atomic mass is 16.6. The van der Waals surface area contributed by atoms with Crippen molar-refractivity contribution in [2.45, 2.75) is 25.5 Å². The smallest absolute Gasteiger partial charge is 0.410 e. The molecule has 2 saturated heterocycles. The third kappa shape index (κ3) is 3.99. The molecule has 2 aliphatic heterocycles. The Morgan fingerprint density at radius 2 is 1.77 bits per heavy atom. The molecule has 0 radical (unpaired) electrons. The summed E-state index contributed by atoms with van der Waals surface area (Å²) in [7, 11) is 0. The monoisotopic (exact) mass is 304 g/mol. The Labute approximate surface area is 131 Å². The quantitative estimate of drug-likeness (QED) is 0.858. The molecule has 1 aromatic rings. The molecule has 0 atom stereocenters. The van der Waals surface area contributed by atoms with E-state index in [9.17, 15) is 4.79 Å². The lowest BCUT2D eigenvalue weighted by Gasteiger charge is -2.39. The summed E-state index contributed by atoms with van der Waals surface area (Å²) < 4.78 is 10.8. The normalized spacial score (nSPS) is 20.8. The first-order chi connectivity index (χ1) is 10.8. The van der Waals surface area contributed by atoms with E-state index < -0.39 is 0 Å². The molecular weight excluding hydrogens is 280 g/mol. The van der Waals surface area contributed by atoms with Gasteiger partial charge in [-0.05, 0) is 18.4 Å². The Morgan fingerprint density at radius 3 is 2.45 bits per heavy atom. The van der Waals surface area contributed by atoms with Gasteiger partial charge in [-0.1, -0.05) is 30.3 Å². The van der Waals surface area contributed by atoms with E-state index in [0.717, 1.165) is 57.8 Å². The summed E-state index contributed by atoms with van der Waals surface area (Å²) in [5, 5.41) is 0. The zero-order valence-electron chi connectivity index (χ0n) is 12.9. The van der Waals surface area contributed by atoms with Crippen LogP contribution in [0.15, 0.2) is 30.3 Å². The number of amides is 1. The van der Waals surface area contributed by atoms with Gasteiger partial charge in [0.25, 0.3) is 0 Å². The Morgan fingerprint density at radius 1 is 1.09 bits per heavy atom. The zero-order chi connectivity index (χ0) is 15.2. The lowest BCUT2D eigenvalue weighted by atomic mass is 10.0. The van der Waals surface area contributed by atoms with Crippen molar-refractivity contribution in [3.63, 3.8) is 0 Å². The molecule has 22 heavy (non-hydrogen) atoms. The van der Waals surface area contributed by atoms with Crippen LogP contribution in [-0.4, -0.2) is 61.3 Å². The molecule has 3 rings (SSSR count). The average Bonchev–Trinajstić information content (AvgIpc) is 2.61. The number of benzene rings is 1. The number of piperidine rings is 1. The maximum Gasteiger partial charge on any atom is 0.410 e. The molecule has 0 aliphatic carbocycles. The van der Waals surface area contributed by atoms with Crippen molar-refractivity contribution in [3.8, 4) is 0 Å². The topological polar surface area (TPSA) is 42.0 Å². The van der Waals surface area contributed by atoms with Crippen molar-refractivity contribution in [2.75, 3.05) is 39.4 Å². The van der Waals surface area contributed by atoms with E-state index in [2.05, 4.69) is 4.90 Å². The molecule has 1 amide bonds. The second kappa shape index (κ2) is 7.61. The molecular formula is C17H24N2O3. The standard InChI is InChI=1S/C17H24N2O3/c20-17(22-14-15-4-2-1-3-5-15)19-8-6-16(7-9-19)18-10-12-21-13-11-18/h1-5,16H,6-14H2. The van der Waals surface area contributed by atoms with Crippen molar-refractivity contribution in [2.24, 2.45) is 0 Å². The molecule has 2 aliphatic rings. The van der Waals surface area contributed by atoms with Crippen LogP contribution in [0.1, 0.15) is 18.4 Å². The highest BCUT2D eigenvalue weighted by Crippen LogP contribution is 2.18. The van der Waals surface area contributed by atoms with Gasteiger partial charge in [0, 0.05) is 32.2 Å².